The lowest BCUT2D eigenvalue weighted by Gasteiger charge is -2.31. The van der Waals surface area contributed by atoms with Gasteiger partial charge in [0.15, 0.2) is 5.16 Å². The van der Waals surface area contributed by atoms with E-state index in [9.17, 15) is 31.1 Å². The van der Waals surface area contributed by atoms with Gasteiger partial charge in [0.05, 0.1) is 16.5 Å². The summed E-state index contributed by atoms with van der Waals surface area (Å²) in [5.74, 6) is -0.683. The molecule has 0 aliphatic heterocycles. The molecule has 4 nitrogen and oxygen atoms in total. The molecule has 0 aliphatic carbocycles. The fourth-order valence-corrected chi connectivity index (χ4v) is 4.11. The number of hydrogen-bond donors (Lipinski definition) is 0. The monoisotopic (exact) mass is 547 g/mol. The number of halogens is 7. The summed E-state index contributed by atoms with van der Waals surface area (Å²) < 4.78 is 80.5. The molecule has 2 aromatic carbocycles. The first-order valence-corrected chi connectivity index (χ1v) is 11.9. The van der Waals surface area contributed by atoms with Crippen LogP contribution in [0.2, 0.25) is 5.02 Å². The number of thioether (sulfide) groups is 1. The van der Waals surface area contributed by atoms with Gasteiger partial charge in [-0.15, -0.1) is 0 Å². The molecular weight excluding hydrogens is 528 g/mol. The van der Waals surface area contributed by atoms with Gasteiger partial charge in [-0.3, -0.25) is 9.69 Å². The van der Waals surface area contributed by atoms with Crippen LogP contribution >= 0.6 is 23.4 Å². The third kappa shape index (κ3) is 5.62. The Hall–Kier alpha value is -2.79. The molecule has 12 heteroatoms. The molecule has 1 amide bonds. The van der Waals surface area contributed by atoms with Crippen molar-refractivity contribution < 1.29 is 31.1 Å². The molecule has 0 atom stereocenters. The van der Waals surface area contributed by atoms with Crippen LogP contribution < -0.4 is 4.90 Å². The molecular formula is C24H20ClF6N3OS. The predicted octanol–water partition coefficient (Wildman–Crippen LogP) is 7.50. The van der Waals surface area contributed by atoms with Crippen LogP contribution in [0.3, 0.4) is 0 Å². The summed E-state index contributed by atoms with van der Waals surface area (Å²) in [6.45, 7) is 2.51. The molecule has 0 saturated carbocycles. The third-order valence-electron chi connectivity index (χ3n) is 5.56. The number of carbonyl (C=O) groups excluding carboxylic acids is 1. The predicted molar refractivity (Wildman–Crippen MR) is 127 cm³/mol. The normalized spacial score (nSPS) is 12.5. The molecule has 0 bridgehead atoms. The second kappa shape index (κ2) is 9.93. The van der Waals surface area contributed by atoms with Crippen molar-refractivity contribution in [2.75, 3.05) is 18.2 Å². The Labute approximate surface area is 212 Å². The second-order valence-electron chi connectivity index (χ2n) is 8.36. The minimum atomic E-state index is -5.04. The Morgan fingerprint density at radius 3 is 1.94 bits per heavy atom. The smallest absolute Gasteiger partial charge is 0.299 e. The van der Waals surface area contributed by atoms with Gasteiger partial charge in [-0.2, -0.15) is 26.3 Å². The summed E-state index contributed by atoms with van der Waals surface area (Å²) >= 11 is 7.51. The van der Waals surface area contributed by atoms with Crippen LogP contribution in [0.1, 0.15) is 30.5 Å². The van der Waals surface area contributed by atoms with Gasteiger partial charge in [-0.25, -0.2) is 9.97 Å². The SMILES string of the molecule is CSc1ncc(-c2ccccc2Cl)c(N(C)C(=O)C(C)(C)c2cc(C(F)(F)F)cc(C(F)(F)F)c2)n1. The summed E-state index contributed by atoms with van der Waals surface area (Å²) in [5, 5.41) is 0.642. The maximum Gasteiger partial charge on any atom is 0.416 e. The van der Waals surface area contributed by atoms with Gasteiger partial charge in [0.25, 0.3) is 0 Å². The van der Waals surface area contributed by atoms with E-state index in [0.29, 0.717) is 33.4 Å². The average Bonchev–Trinajstić information content (AvgIpc) is 2.81. The van der Waals surface area contributed by atoms with E-state index in [1.165, 1.54) is 38.9 Å². The summed E-state index contributed by atoms with van der Waals surface area (Å²) in [6.07, 6.45) is -6.92. The maximum absolute atomic E-state index is 13.6. The van der Waals surface area contributed by atoms with E-state index in [2.05, 4.69) is 9.97 Å². The average molecular weight is 548 g/mol. The van der Waals surface area contributed by atoms with E-state index in [1.807, 2.05) is 0 Å². The Balaban J connectivity index is 2.15. The van der Waals surface area contributed by atoms with Crippen LogP contribution in [0, 0.1) is 0 Å². The molecule has 3 aromatic rings. The van der Waals surface area contributed by atoms with Crippen LogP contribution in [-0.2, 0) is 22.6 Å². The molecule has 0 fully saturated rings. The summed E-state index contributed by atoms with van der Waals surface area (Å²) in [5.41, 5.74) is -4.38. The molecule has 36 heavy (non-hydrogen) atoms. The zero-order valence-electron chi connectivity index (χ0n) is 19.4. The number of anilines is 1. The molecule has 3 rings (SSSR count). The van der Waals surface area contributed by atoms with Crippen molar-refractivity contribution in [3.63, 3.8) is 0 Å². The molecule has 0 unspecified atom stereocenters. The van der Waals surface area contributed by atoms with Gasteiger partial charge in [-0.1, -0.05) is 41.6 Å². The minimum absolute atomic E-state index is 0.0262. The number of rotatable bonds is 5. The summed E-state index contributed by atoms with van der Waals surface area (Å²) in [6, 6.07) is 7.85. The number of aromatic nitrogens is 2. The van der Waals surface area contributed by atoms with E-state index in [4.69, 9.17) is 11.6 Å². The molecule has 1 heterocycles. The number of hydrogen-bond acceptors (Lipinski definition) is 4. The van der Waals surface area contributed by atoms with Crippen LogP contribution in [-0.4, -0.2) is 29.2 Å². The molecule has 0 aliphatic rings. The molecule has 192 valence electrons. The molecule has 1 aromatic heterocycles. The highest BCUT2D eigenvalue weighted by Gasteiger charge is 2.41. The van der Waals surface area contributed by atoms with Crippen molar-refractivity contribution in [2.45, 2.75) is 36.8 Å². The van der Waals surface area contributed by atoms with Gasteiger partial charge >= 0.3 is 12.4 Å². The summed E-state index contributed by atoms with van der Waals surface area (Å²) in [4.78, 5) is 23.3. The maximum atomic E-state index is 13.6. The standard InChI is InChI=1S/C24H20ClF6N3OS/c1-22(2,13-9-14(23(26,27)28)11-15(10-13)24(29,30)31)20(35)34(3)19-17(12-32-21(33-19)36-4)16-7-5-6-8-18(16)25/h5-12H,1-4H3. The van der Waals surface area contributed by atoms with Crippen molar-refractivity contribution in [2.24, 2.45) is 0 Å². The lowest BCUT2D eigenvalue weighted by Crippen LogP contribution is -2.42. The largest absolute Gasteiger partial charge is 0.416 e. The fraction of sp³-hybridized carbons (Fsp3) is 0.292. The van der Waals surface area contributed by atoms with E-state index >= 15 is 0 Å². The van der Waals surface area contributed by atoms with Gasteiger partial charge in [0, 0.05) is 29.4 Å². The highest BCUT2D eigenvalue weighted by atomic mass is 35.5. The van der Waals surface area contributed by atoms with Crippen molar-refractivity contribution in [3.8, 4) is 11.1 Å². The van der Waals surface area contributed by atoms with Crippen LogP contribution in [0.15, 0.2) is 53.8 Å². The Kier molecular flexibility index (Phi) is 7.67. The summed E-state index contributed by atoms with van der Waals surface area (Å²) in [7, 11) is 1.34. The first-order chi connectivity index (χ1) is 16.6. The van der Waals surface area contributed by atoms with Crippen LogP contribution in [0.25, 0.3) is 11.1 Å². The number of nitrogens with zero attached hydrogens (tertiary/aromatic N) is 3. The number of amides is 1. The second-order valence-corrected chi connectivity index (χ2v) is 9.54. The van der Waals surface area contributed by atoms with E-state index in [1.54, 1.807) is 30.5 Å². The topological polar surface area (TPSA) is 46.1 Å². The quantitative estimate of drug-likeness (QED) is 0.188. The van der Waals surface area contributed by atoms with Crippen molar-refractivity contribution in [3.05, 3.63) is 70.4 Å². The highest BCUT2D eigenvalue weighted by molar-refractivity contribution is 7.98. The van der Waals surface area contributed by atoms with Crippen LogP contribution in [0.5, 0.6) is 0 Å². The number of alkyl halides is 6. The van der Waals surface area contributed by atoms with Gasteiger partial charge in [-0.05, 0) is 49.9 Å². The first-order valence-electron chi connectivity index (χ1n) is 10.3. The zero-order chi connectivity index (χ0) is 27.1. The number of benzene rings is 2. The Morgan fingerprint density at radius 2 is 1.44 bits per heavy atom. The molecule has 0 radical (unpaired) electrons. The Bertz CT molecular complexity index is 1260. The first kappa shape index (κ1) is 27.8. The van der Waals surface area contributed by atoms with Gasteiger partial charge in [0.1, 0.15) is 5.82 Å². The molecule has 0 N–H and O–H groups in total. The van der Waals surface area contributed by atoms with E-state index in [0.717, 1.165) is 4.90 Å². The zero-order valence-corrected chi connectivity index (χ0v) is 21.0. The van der Waals surface area contributed by atoms with Crippen LogP contribution in [0.4, 0.5) is 32.2 Å². The lowest BCUT2D eigenvalue weighted by atomic mass is 9.81. The van der Waals surface area contributed by atoms with Gasteiger partial charge in [0.2, 0.25) is 5.91 Å². The highest BCUT2D eigenvalue weighted by Crippen LogP contribution is 2.41. The van der Waals surface area contributed by atoms with Crippen molar-refractivity contribution >= 4 is 35.1 Å². The lowest BCUT2D eigenvalue weighted by molar-refractivity contribution is -0.143. The van der Waals surface area contributed by atoms with E-state index < -0.39 is 40.4 Å². The number of carbonyl (C=O) groups is 1. The van der Waals surface area contributed by atoms with E-state index in [-0.39, 0.29) is 11.9 Å². The Morgan fingerprint density at radius 1 is 0.917 bits per heavy atom. The van der Waals surface area contributed by atoms with Crippen molar-refractivity contribution in [1.82, 2.24) is 9.97 Å². The number of likely N-dealkylation sites (N-methyl/N-ethyl adjacent to an activating group) is 1. The molecule has 0 saturated heterocycles. The van der Waals surface area contributed by atoms with Gasteiger partial charge < -0.3 is 0 Å². The van der Waals surface area contributed by atoms with Crippen molar-refractivity contribution in [1.29, 1.82) is 0 Å². The molecule has 0 spiro atoms. The minimum Gasteiger partial charge on any atom is -0.299 e. The third-order valence-corrected chi connectivity index (χ3v) is 6.45. The fourth-order valence-electron chi connectivity index (χ4n) is 3.54.